The van der Waals surface area contributed by atoms with Crippen LogP contribution < -0.4 is 9.47 Å². The second kappa shape index (κ2) is 8.40. The summed E-state index contributed by atoms with van der Waals surface area (Å²) in [6.07, 6.45) is 0. The van der Waals surface area contributed by atoms with Crippen LogP contribution in [0.5, 0.6) is 11.5 Å². The number of ether oxygens (including phenoxy) is 3. The smallest absolute Gasteiger partial charge is 0.342 e. The Hall–Kier alpha value is -3.28. The lowest BCUT2D eigenvalue weighted by atomic mass is 10.2. The van der Waals surface area contributed by atoms with Crippen molar-refractivity contribution in [1.29, 1.82) is 0 Å². The number of hydrogen-bond acceptors (Lipinski definition) is 6. The van der Waals surface area contributed by atoms with E-state index in [1.54, 1.807) is 25.3 Å². The van der Waals surface area contributed by atoms with Gasteiger partial charge in [-0.2, -0.15) is 0 Å². The van der Waals surface area contributed by atoms with Gasteiger partial charge in [0.1, 0.15) is 36.0 Å². The zero-order valence-electron chi connectivity index (χ0n) is 15.5. The lowest BCUT2D eigenvalue weighted by Crippen LogP contribution is -2.08. The second-order valence-electron chi connectivity index (χ2n) is 6.02. The third kappa shape index (κ3) is 4.47. The Morgan fingerprint density at radius 3 is 2.63 bits per heavy atom. The van der Waals surface area contributed by atoms with E-state index in [4.69, 9.17) is 18.7 Å². The molecule has 3 aromatic rings. The van der Waals surface area contributed by atoms with Crippen LogP contribution in [-0.2, 0) is 18.0 Å². The molecule has 6 heteroatoms. The largest absolute Gasteiger partial charge is 0.497 e. The molecule has 0 spiro atoms. The number of hydrogen-bond donors (Lipinski definition) is 0. The number of aryl methyl sites for hydroxylation is 2. The summed E-state index contributed by atoms with van der Waals surface area (Å²) in [4.78, 5) is 12.5. The van der Waals surface area contributed by atoms with Crippen molar-refractivity contribution in [1.82, 2.24) is 5.16 Å². The molecule has 0 amide bonds. The normalized spacial score (nSPS) is 10.5. The van der Waals surface area contributed by atoms with Gasteiger partial charge in [0.05, 0.1) is 18.4 Å². The first-order valence-electron chi connectivity index (χ1n) is 8.52. The highest BCUT2D eigenvalue weighted by molar-refractivity contribution is 5.92. The first-order chi connectivity index (χ1) is 13.1. The molecule has 140 valence electrons. The van der Waals surface area contributed by atoms with Crippen molar-refractivity contribution in [3.8, 4) is 11.5 Å². The fraction of sp³-hybridized carbons (Fsp3) is 0.238. The quantitative estimate of drug-likeness (QED) is 0.582. The number of methoxy groups -OCH3 is 1. The van der Waals surface area contributed by atoms with Gasteiger partial charge in [0.25, 0.3) is 0 Å². The van der Waals surface area contributed by atoms with Crippen LogP contribution in [0.2, 0.25) is 0 Å². The molecule has 1 heterocycles. The monoisotopic (exact) mass is 367 g/mol. The number of rotatable bonds is 7. The molecule has 0 radical (unpaired) electrons. The highest BCUT2D eigenvalue weighted by Gasteiger charge is 2.16. The number of esters is 1. The van der Waals surface area contributed by atoms with E-state index in [0.717, 1.165) is 16.8 Å². The predicted octanol–water partition coefficient (Wildman–Crippen LogP) is 4.24. The zero-order valence-corrected chi connectivity index (χ0v) is 15.5. The molecule has 27 heavy (non-hydrogen) atoms. The fourth-order valence-electron chi connectivity index (χ4n) is 2.61. The van der Waals surface area contributed by atoms with Gasteiger partial charge in [0.2, 0.25) is 0 Å². The van der Waals surface area contributed by atoms with Gasteiger partial charge in [-0.15, -0.1) is 0 Å². The lowest BCUT2D eigenvalue weighted by Gasteiger charge is -2.11. The zero-order chi connectivity index (χ0) is 19.2. The van der Waals surface area contributed by atoms with Crippen molar-refractivity contribution < 1.29 is 23.5 Å². The first kappa shape index (κ1) is 18.5. The van der Waals surface area contributed by atoms with Gasteiger partial charge in [-0.3, -0.25) is 0 Å². The molecule has 1 aromatic heterocycles. The van der Waals surface area contributed by atoms with Crippen LogP contribution >= 0.6 is 0 Å². The summed E-state index contributed by atoms with van der Waals surface area (Å²) in [6, 6.07) is 14.4. The standard InChI is InChI=1S/C21H21NO5/c1-14-19(15(2)27-22-14)13-25-20-10-5-4-9-18(20)21(23)26-12-16-7-6-8-17(11-16)24-3/h4-11H,12-13H2,1-3H3. The minimum Gasteiger partial charge on any atom is -0.497 e. The Labute approximate surface area is 157 Å². The molecule has 3 rings (SSSR count). The molecule has 2 aromatic carbocycles. The molecular formula is C21H21NO5. The Kier molecular flexibility index (Phi) is 5.76. The van der Waals surface area contributed by atoms with Gasteiger partial charge in [0.15, 0.2) is 0 Å². The number of carbonyl (C=O) groups excluding carboxylic acids is 1. The number of benzene rings is 2. The summed E-state index contributed by atoms with van der Waals surface area (Å²) >= 11 is 0. The van der Waals surface area contributed by atoms with E-state index < -0.39 is 5.97 Å². The van der Waals surface area contributed by atoms with Crippen LogP contribution in [0, 0.1) is 13.8 Å². The van der Waals surface area contributed by atoms with Crippen LogP contribution in [0.25, 0.3) is 0 Å². The van der Waals surface area contributed by atoms with Gasteiger partial charge < -0.3 is 18.7 Å². The van der Waals surface area contributed by atoms with Crippen LogP contribution in [-0.4, -0.2) is 18.2 Å². The van der Waals surface area contributed by atoms with E-state index in [0.29, 0.717) is 22.8 Å². The molecule has 0 atom stereocenters. The average Bonchev–Trinajstić information content (AvgIpc) is 3.02. The van der Waals surface area contributed by atoms with Crippen LogP contribution in [0.15, 0.2) is 53.1 Å². The minimum absolute atomic E-state index is 0.147. The van der Waals surface area contributed by atoms with Gasteiger partial charge >= 0.3 is 5.97 Å². The van der Waals surface area contributed by atoms with E-state index in [1.165, 1.54) is 0 Å². The Balaban J connectivity index is 1.68. The molecule has 0 fully saturated rings. The molecule has 0 aliphatic carbocycles. The van der Waals surface area contributed by atoms with E-state index >= 15 is 0 Å². The number of carbonyl (C=O) groups is 1. The van der Waals surface area contributed by atoms with Crippen LogP contribution in [0.3, 0.4) is 0 Å². The van der Waals surface area contributed by atoms with E-state index in [1.807, 2.05) is 44.2 Å². The summed E-state index contributed by atoms with van der Waals surface area (Å²) in [5.41, 5.74) is 2.85. The third-order valence-corrected chi connectivity index (χ3v) is 4.16. The average molecular weight is 367 g/mol. The Morgan fingerprint density at radius 1 is 1.07 bits per heavy atom. The van der Waals surface area contributed by atoms with Crippen molar-refractivity contribution in [2.45, 2.75) is 27.1 Å². The third-order valence-electron chi connectivity index (χ3n) is 4.16. The molecule has 0 saturated carbocycles. The van der Waals surface area contributed by atoms with E-state index in [2.05, 4.69) is 5.16 Å². The Morgan fingerprint density at radius 2 is 1.89 bits per heavy atom. The maximum absolute atomic E-state index is 12.5. The molecule has 0 aliphatic rings. The van der Waals surface area contributed by atoms with Crippen molar-refractivity contribution in [2.24, 2.45) is 0 Å². The van der Waals surface area contributed by atoms with E-state index in [-0.39, 0.29) is 13.2 Å². The van der Waals surface area contributed by atoms with Crippen molar-refractivity contribution in [2.75, 3.05) is 7.11 Å². The number of aromatic nitrogens is 1. The first-order valence-corrected chi connectivity index (χ1v) is 8.52. The molecule has 0 saturated heterocycles. The molecule has 0 aliphatic heterocycles. The molecule has 6 nitrogen and oxygen atoms in total. The van der Waals surface area contributed by atoms with Gasteiger partial charge in [-0.1, -0.05) is 29.4 Å². The summed E-state index contributed by atoms with van der Waals surface area (Å²) in [7, 11) is 1.59. The van der Waals surface area contributed by atoms with Gasteiger partial charge in [0, 0.05) is 0 Å². The molecular weight excluding hydrogens is 346 g/mol. The summed E-state index contributed by atoms with van der Waals surface area (Å²) in [5.74, 6) is 1.41. The fourth-order valence-corrected chi connectivity index (χ4v) is 2.61. The van der Waals surface area contributed by atoms with E-state index in [9.17, 15) is 4.79 Å². The van der Waals surface area contributed by atoms with Crippen molar-refractivity contribution in [3.63, 3.8) is 0 Å². The predicted molar refractivity (Wildman–Crippen MR) is 98.9 cm³/mol. The summed E-state index contributed by atoms with van der Waals surface area (Å²) < 4.78 is 21.6. The second-order valence-corrected chi connectivity index (χ2v) is 6.02. The van der Waals surface area contributed by atoms with Crippen molar-refractivity contribution >= 4 is 5.97 Å². The van der Waals surface area contributed by atoms with Crippen LogP contribution in [0.4, 0.5) is 0 Å². The lowest BCUT2D eigenvalue weighted by molar-refractivity contribution is 0.0467. The van der Waals surface area contributed by atoms with Gasteiger partial charge in [-0.25, -0.2) is 4.79 Å². The van der Waals surface area contributed by atoms with Gasteiger partial charge in [-0.05, 0) is 43.7 Å². The summed E-state index contributed by atoms with van der Waals surface area (Å²) in [6.45, 7) is 4.09. The maximum atomic E-state index is 12.5. The SMILES string of the molecule is COc1cccc(COC(=O)c2ccccc2OCc2c(C)noc2C)c1. The highest BCUT2D eigenvalue weighted by atomic mass is 16.5. The molecule has 0 bridgehead atoms. The Bertz CT molecular complexity index is 912. The van der Waals surface area contributed by atoms with Crippen LogP contribution in [0.1, 0.15) is 32.9 Å². The molecule has 0 unspecified atom stereocenters. The minimum atomic E-state index is -0.452. The maximum Gasteiger partial charge on any atom is 0.342 e. The highest BCUT2D eigenvalue weighted by Crippen LogP contribution is 2.23. The number of para-hydroxylation sites is 1. The molecule has 0 N–H and O–H groups in total. The topological polar surface area (TPSA) is 70.8 Å². The summed E-state index contributed by atoms with van der Waals surface area (Å²) in [5, 5.41) is 3.91. The number of nitrogens with zero attached hydrogens (tertiary/aromatic N) is 1. The van der Waals surface area contributed by atoms with Crippen molar-refractivity contribution in [3.05, 3.63) is 76.7 Å².